The maximum absolute atomic E-state index is 8.98. The summed E-state index contributed by atoms with van der Waals surface area (Å²) >= 11 is 0. The van der Waals surface area contributed by atoms with Gasteiger partial charge in [0.2, 0.25) is 0 Å². The number of nitrogens with one attached hydrogen (secondary N) is 1. The van der Waals surface area contributed by atoms with Crippen LogP contribution in [0, 0.1) is 11.8 Å². The summed E-state index contributed by atoms with van der Waals surface area (Å²) in [5, 5.41) is 12.2. The molecule has 0 aromatic heterocycles. The predicted octanol–water partition coefficient (Wildman–Crippen LogP) is 0.188. The Kier molecular flexibility index (Phi) is 6.34. The Morgan fingerprint density at radius 3 is 2.17 bits per heavy atom. The summed E-state index contributed by atoms with van der Waals surface area (Å²) < 4.78 is 0. The van der Waals surface area contributed by atoms with Crippen LogP contribution in [0.1, 0.15) is 20.8 Å². The minimum atomic E-state index is -0.268. The van der Waals surface area contributed by atoms with E-state index in [2.05, 4.69) is 19.2 Å². The average molecular weight is 174 g/mol. The molecule has 0 rings (SSSR count). The molecule has 0 aliphatic carbocycles. The molecular formula is C9H22N2O. The van der Waals surface area contributed by atoms with Crippen molar-refractivity contribution in [2.45, 2.75) is 26.9 Å². The zero-order chi connectivity index (χ0) is 9.56. The first kappa shape index (κ1) is 11.9. The van der Waals surface area contributed by atoms with E-state index in [1.807, 2.05) is 0 Å². The van der Waals surface area contributed by atoms with E-state index in [1.165, 1.54) is 0 Å². The Morgan fingerprint density at radius 1 is 1.25 bits per heavy atom. The van der Waals surface area contributed by atoms with E-state index in [4.69, 9.17) is 10.8 Å². The minimum absolute atomic E-state index is 0.268. The van der Waals surface area contributed by atoms with Crippen LogP contribution in [0.2, 0.25) is 0 Å². The summed E-state index contributed by atoms with van der Waals surface area (Å²) in [6.45, 7) is 8.38. The quantitative estimate of drug-likeness (QED) is 0.538. The van der Waals surface area contributed by atoms with Crippen molar-refractivity contribution in [3.8, 4) is 0 Å². The standard InChI is InChI=1S/C9H22N2O/c1-7(2)9(4-10)6-11-5-8(3)12/h7-9,11-12H,4-6,10H2,1-3H3. The lowest BCUT2D eigenvalue weighted by Gasteiger charge is -2.19. The maximum Gasteiger partial charge on any atom is 0.0636 e. The second-order valence-electron chi connectivity index (χ2n) is 3.75. The molecule has 0 bridgehead atoms. The molecule has 0 saturated heterocycles. The van der Waals surface area contributed by atoms with E-state index in [0.717, 1.165) is 6.54 Å². The monoisotopic (exact) mass is 174 g/mol. The second-order valence-corrected chi connectivity index (χ2v) is 3.75. The smallest absolute Gasteiger partial charge is 0.0636 e. The number of aliphatic hydroxyl groups excluding tert-OH is 1. The van der Waals surface area contributed by atoms with Crippen molar-refractivity contribution in [3.05, 3.63) is 0 Å². The highest BCUT2D eigenvalue weighted by Crippen LogP contribution is 2.06. The van der Waals surface area contributed by atoms with Gasteiger partial charge in [-0.1, -0.05) is 13.8 Å². The van der Waals surface area contributed by atoms with Gasteiger partial charge in [-0.3, -0.25) is 0 Å². The van der Waals surface area contributed by atoms with E-state index in [-0.39, 0.29) is 6.10 Å². The van der Waals surface area contributed by atoms with E-state index in [0.29, 0.717) is 24.9 Å². The predicted molar refractivity (Wildman–Crippen MR) is 51.9 cm³/mol. The van der Waals surface area contributed by atoms with Gasteiger partial charge in [-0.05, 0) is 31.8 Å². The largest absolute Gasteiger partial charge is 0.392 e. The molecule has 0 spiro atoms. The van der Waals surface area contributed by atoms with Crippen LogP contribution in [0.15, 0.2) is 0 Å². The van der Waals surface area contributed by atoms with E-state index >= 15 is 0 Å². The van der Waals surface area contributed by atoms with Crippen LogP contribution in [-0.2, 0) is 0 Å². The van der Waals surface area contributed by atoms with Gasteiger partial charge in [-0.25, -0.2) is 0 Å². The fraction of sp³-hybridized carbons (Fsp3) is 1.00. The van der Waals surface area contributed by atoms with E-state index in [9.17, 15) is 0 Å². The van der Waals surface area contributed by atoms with Gasteiger partial charge >= 0.3 is 0 Å². The third-order valence-electron chi connectivity index (χ3n) is 2.09. The van der Waals surface area contributed by atoms with E-state index in [1.54, 1.807) is 6.92 Å². The highest BCUT2D eigenvalue weighted by atomic mass is 16.3. The SMILES string of the molecule is CC(O)CNCC(CN)C(C)C. The molecule has 0 amide bonds. The third-order valence-corrected chi connectivity index (χ3v) is 2.09. The van der Waals surface area contributed by atoms with Gasteiger partial charge in [0.05, 0.1) is 6.10 Å². The lowest BCUT2D eigenvalue weighted by Crippen LogP contribution is -2.35. The molecular weight excluding hydrogens is 152 g/mol. The Morgan fingerprint density at radius 2 is 1.83 bits per heavy atom. The number of nitrogens with two attached hydrogens (primary N) is 1. The summed E-state index contributed by atoms with van der Waals surface area (Å²) in [4.78, 5) is 0. The van der Waals surface area contributed by atoms with Crippen LogP contribution >= 0.6 is 0 Å². The Bertz CT molecular complexity index is 105. The Balaban J connectivity index is 3.45. The molecule has 2 unspecified atom stereocenters. The van der Waals surface area contributed by atoms with Crippen molar-refractivity contribution in [1.29, 1.82) is 0 Å². The van der Waals surface area contributed by atoms with Crippen LogP contribution in [0.4, 0.5) is 0 Å². The molecule has 0 saturated carbocycles. The summed E-state index contributed by atoms with van der Waals surface area (Å²) in [7, 11) is 0. The fourth-order valence-electron chi connectivity index (χ4n) is 1.07. The van der Waals surface area contributed by atoms with Crippen LogP contribution in [0.3, 0.4) is 0 Å². The lowest BCUT2D eigenvalue weighted by atomic mass is 9.96. The molecule has 12 heavy (non-hydrogen) atoms. The van der Waals surface area contributed by atoms with Gasteiger partial charge in [-0.15, -0.1) is 0 Å². The molecule has 3 heteroatoms. The number of hydrogen-bond donors (Lipinski definition) is 3. The molecule has 0 aromatic rings. The molecule has 4 N–H and O–H groups in total. The number of hydrogen-bond acceptors (Lipinski definition) is 3. The molecule has 0 aliphatic heterocycles. The highest BCUT2D eigenvalue weighted by molar-refractivity contribution is 4.67. The van der Waals surface area contributed by atoms with Gasteiger partial charge in [0, 0.05) is 6.54 Å². The minimum Gasteiger partial charge on any atom is -0.392 e. The summed E-state index contributed by atoms with van der Waals surface area (Å²) in [5.74, 6) is 1.13. The van der Waals surface area contributed by atoms with Crippen molar-refractivity contribution < 1.29 is 5.11 Å². The van der Waals surface area contributed by atoms with Crippen molar-refractivity contribution >= 4 is 0 Å². The van der Waals surface area contributed by atoms with Crippen molar-refractivity contribution in [1.82, 2.24) is 5.32 Å². The van der Waals surface area contributed by atoms with Gasteiger partial charge in [-0.2, -0.15) is 0 Å². The van der Waals surface area contributed by atoms with Gasteiger partial charge in [0.1, 0.15) is 0 Å². The van der Waals surface area contributed by atoms with Crippen molar-refractivity contribution in [2.75, 3.05) is 19.6 Å². The summed E-state index contributed by atoms with van der Waals surface area (Å²) in [6, 6.07) is 0. The third kappa shape index (κ3) is 5.52. The summed E-state index contributed by atoms with van der Waals surface area (Å²) in [6.07, 6.45) is -0.268. The molecule has 0 aromatic carbocycles. The van der Waals surface area contributed by atoms with Gasteiger partial charge < -0.3 is 16.2 Å². The highest BCUT2D eigenvalue weighted by Gasteiger charge is 2.10. The second kappa shape index (κ2) is 6.40. The molecule has 0 radical (unpaired) electrons. The molecule has 0 fully saturated rings. The Hall–Kier alpha value is -0.120. The van der Waals surface area contributed by atoms with Crippen LogP contribution in [0.25, 0.3) is 0 Å². The number of aliphatic hydroxyl groups is 1. The van der Waals surface area contributed by atoms with Crippen molar-refractivity contribution in [3.63, 3.8) is 0 Å². The normalized spacial score (nSPS) is 16.5. The molecule has 0 aliphatic rings. The van der Waals surface area contributed by atoms with Crippen LogP contribution in [0.5, 0.6) is 0 Å². The Labute approximate surface area is 75.3 Å². The number of rotatable bonds is 6. The first-order valence-corrected chi connectivity index (χ1v) is 4.66. The topological polar surface area (TPSA) is 58.3 Å². The molecule has 2 atom stereocenters. The van der Waals surface area contributed by atoms with Gasteiger partial charge in [0.25, 0.3) is 0 Å². The first-order valence-electron chi connectivity index (χ1n) is 4.66. The molecule has 3 nitrogen and oxygen atoms in total. The summed E-state index contributed by atoms with van der Waals surface area (Å²) in [5.41, 5.74) is 5.59. The maximum atomic E-state index is 8.98. The first-order chi connectivity index (χ1) is 5.57. The average Bonchev–Trinajstić information content (AvgIpc) is 1.96. The van der Waals surface area contributed by atoms with E-state index < -0.39 is 0 Å². The zero-order valence-electron chi connectivity index (χ0n) is 8.38. The fourth-order valence-corrected chi connectivity index (χ4v) is 1.07. The lowest BCUT2D eigenvalue weighted by molar-refractivity contribution is 0.187. The zero-order valence-corrected chi connectivity index (χ0v) is 8.38. The van der Waals surface area contributed by atoms with Crippen LogP contribution in [-0.4, -0.2) is 30.8 Å². The van der Waals surface area contributed by atoms with Gasteiger partial charge in [0.15, 0.2) is 0 Å². The molecule has 0 heterocycles. The van der Waals surface area contributed by atoms with Crippen molar-refractivity contribution in [2.24, 2.45) is 17.6 Å². The van der Waals surface area contributed by atoms with Crippen LogP contribution < -0.4 is 11.1 Å². The molecule has 74 valence electrons.